The van der Waals surface area contributed by atoms with Crippen molar-refractivity contribution in [2.75, 3.05) is 6.54 Å². The molecule has 8 heteroatoms. The fourth-order valence-electron chi connectivity index (χ4n) is 2.83. The van der Waals surface area contributed by atoms with Crippen LogP contribution in [0.5, 0.6) is 0 Å². The predicted octanol–water partition coefficient (Wildman–Crippen LogP) is 0.937. The number of aliphatic hydroxyl groups is 1. The summed E-state index contributed by atoms with van der Waals surface area (Å²) in [6, 6.07) is 7.49. The Morgan fingerprint density at radius 2 is 2.08 bits per heavy atom. The van der Waals surface area contributed by atoms with Gasteiger partial charge in [0.15, 0.2) is 0 Å². The molecule has 3 atom stereocenters. The van der Waals surface area contributed by atoms with Gasteiger partial charge in [0, 0.05) is 36.3 Å². The van der Waals surface area contributed by atoms with E-state index in [0.29, 0.717) is 30.1 Å². The van der Waals surface area contributed by atoms with Crippen LogP contribution >= 0.6 is 11.6 Å². The Balaban J connectivity index is 1.60. The number of H-pyrrole nitrogens is 1. The van der Waals surface area contributed by atoms with Gasteiger partial charge in [-0.05, 0) is 24.6 Å². The first-order chi connectivity index (χ1) is 11.9. The number of aryl methyl sites for hydroxylation is 1. The first kappa shape index (κ1) is 17.9. The van der Waals surface area contributed by atoms with Crippen LogP contribution in [0.25, 0.3) is 0 Å². The zero-order valence-corrected chi connectivity index (χ0v) is 14.5. The second-order valence-electron chi connectivity index (χ2n) is 6.17. The average molecular weight is 366 g/mol. The molecule has 1 aliphatic rings. The van der Waals surface area contributed by atoms with Gasteiger partial charge in [0.2, 0.25) is 0 Å². The van der Waals surface area contributed by atoms with Crippen molar-refractivity contribution in [2.45, 2.75) is 38.3 Å². The van der Waals surface area contributed by atoms with Crippen molar-refractivity contribution < 1.29 is 9.84 Å². The number of hydrogen-bond donors (Lipinski definition) is 3. The molecule has 0 aliphatic carbocycles. The van der Waals surface area contributed by atoms with Gasteiger partial charge < -0.3 is 15.2 Å². The molecule has 1 saturated heterocycles. The lowest BCUT2D eigenvalue weighted by molar-refractivity contribution is -0.0194. The summed E-state index contributed by atoms with van der Waals surface area (Å²) in [6.45, 7) is 2.68. The quantitative estimate of drug-likeness (QED) is 0.732. The van der Waals surface area contributed by atoms with E-state index in [1.807, 2.05) is 24.3 Å². The highest BCUT2D eigenvalue weighted by Gasteiger charge is 2.35. The Morgan fingerprint density at radius 3 is 2.80 bits per heavy atom. The maximum absolute atomic E-state index is 11.9. The molecule has 0 saturated carbocycles. The highest BCUT2D eigenvalue weighted by Crippen LogP contribution is 2.27. The smallest absolute Gasteiger partial charge is 0.330 e. The molecule has 2 aromatic rings. The lowest BCUT2D eigenvalue weighted by Gasteiger charge is -2.17. The van der Waals surface area contributed by atoms with Crippen molar-refractivity contribution in [3.63, 3.8) is 0 Å². The van der Waals surface area contributed by atoms with Gasteiger partial charge in [-0.1, -0.05) is 23.7 Å². The van der Waals surface area contributed by atoms with Crippen molar-refractivity contribution in [3.05, 3.63) is 67.4 Å². The highest BCUT2D eigenvalue weighted by molar-refractivity contribution is 6.30. The number of nitrogens with zero attached hydrogens (tertiary/aromatic N) is 1. The van der Waals surface area contributed by atoms with E-state index in [9.17, 15) is 14.7 Å². The molecule has 3 N–H and O–H groups in total. The second kappa shape index (κ2) is 7.53. The van der Waals surface area contributed by atoms with Crippen LogP contribution in [0.4, 0.5) is 0 Å². The van der Waals surface area contributed by atoms with Crippen molar-refractivity contribution in [3.8, 4) is 0 Å². The third-order valence-electron chi connectivity index (χ3n) is 4.25. The predicted molar refractivity (Wildman–Crippen MR) is 93.8 cm³/mol. The number of aromatic amines is 1. The topological polar surface area (TPSA) is 96.3 Å². The Hall–Kier alpha value is -1.93. The van der Waals surface area contributed by atoms with Gasteiger partial charge in [-0.3, -0.25) is 14.3 Å². The van der Waals surface area contributed by atoms with E-state index in [2.05, 4.69) is 10.3 Å². The second-order valence-corrected chi connectivity index (χ2v) is 6.60. The maximum atomic E-state index is 11.9. The van der Waals surface area contributed by atoms with E-state index in [-0.39, 0.29) is 0 Å². The van der Waals surface area contributed by atoms with Crippen LogP contribution in [0, 0.1) is 6.92 Å². The summed E-state index contributed by atoms with van der Waals surface area (Å²) in [7, 11) is 0. The molecule has 25 heavy (non-hydrogen) atoms. The lowest BCUT2D eigenvalue weighted by atomic mass is 10.1. The fourth-order valence-corrected chi connectivity index (χ4v) is 2.96. The normalized spacial score (nSPS) is 23.1. The molecule has 7 nitrogen and oxygen atoms in total. The number of rotatable bonds is 5. The first-order valence-electron chi connectivity index (χ1n) is 8.05. The van der Waals surface area contributed by atoms with Gasteiger partial charge in [-0.15, -0.1) is 0 Å². The Bertz CT molecular complexity index is 846. The number of aromatic nitrogens is 2. The number of ether oxygens (including phenoxy) is 1. The number of aliphatic hydroxyl groups excluding tert-OH is 1. The molecular weight excluding hydrogens is 346 g/mol. The van der Waals surface area contributed by atoms with E-state index in [4.69, 9.17) is 16.3 Å². The van der Waals surface area contributed by atoms with Crippen molar-refractivity contribution in [2.24, 2.45) is 0 Å². The summed E-state index contributed by atoms with van der Waals surface area (Å²) >= 11 is 5.85. The molecule has 0 bridgehead atoms. The summed E-state index contributed by atoms with van der Waals surface area (Å²) in [6.07, 6.45) is 0.0273. The standard InChI is InChI=1S/C17H20ClN3O4/c1-10-9-21(17(24)20-16(10)23)15-6-13(22)14(25-15)8-19-7-11-2-4-12(18)5-3-11/h2-5,9,13-15,19,22H,6-8H2,1H3,(H,20,23,24)/t13?,14-,15-/m1/s1. The molecule has 134 valence electrons. The van der Waals surface area contributed by atoms with E-state index < -0.39 is 29.7 Å². The van der Waals surface area contributed by atoms with Crippen molar-refractivity contribution in [1.82, 2.24) is 14.9 Å². The van der Waals surface area contributed by atoms with Crippen LogP contribution in [0.15, 0.2) is 40.1 Å². The highest BCUT2D eigenvalue weighted by atomic mass is 35.5. The average Bonchev–Trinajstić information content (AvgIpc) is 2.93. The molecule has 1 fully saturated rings. The van der Waals surface area contributed by atoms with Crippen molar-refractivity contribution >= 4 is 11.6 Å². The lowest BCUT2D eigenvalue weighted by Crippen LogP contribution is -2.35. The first-order valence-corrected chi connectivity index (χ1v) is 8.42. The minimum atomic E-state index is -0.693. The van der Waals surface area contributed by atoms with Crippen LogP contribution in [0.3, 0.4) is 0 Å². The Labute approximate surface area is 149 Å². The molecule has 1 unspecified atom stereocenters. The Morgan fingerprint density at radius 1 is 1.36 bits per heavy atom. The molecule has 3 rings (SSSR count). The molecule has 0 radical (unpaired) electrons. The minimum Gasteiger partial charge on any atom is -0.390 e. The van der Waals surface area contributed by atoms with Crippen LogP contribution in [-0.4, -0.2) is 33.4 Å². The number of hydrogen-bond acceptors (Lipinski definition) is 5. The monoisotopic (exact) mass is 365 g/mol. The van der Waals surface area contributed by atoms with E-state index >= 15 is 0 Å². The summed E-state index contributed by atoms with van der Waals surface area (Å²) < 4.78 is 7.12. The van der Waals surface area contributed by atoms with Gasteiger partial charge in [0.05, 0.1) is 12.2 Å². The van der Waals surface area contributed by atoms with Gasteiger partial charge in [0.1, 0.15) is 6.23 Å². The third-order valence-corrected chi connectivity index (χ3v) is 4.50. The Kier molecular flexibility index (Phi) is 5.39. The number of halogens is 1. The maximum Gasteiger partial charge on any atom is 0.330 e. The van der Waals surface area contributed by atoms with Gasteiger partial charge >= 0.3 is 5.69 Å². The minimum absolute atomic E-state index is 0.290. The van der Waals surface area contributed by atoms with E-state index in [1.165, 1.54) is 10.8 Å². The van der Waals surface area contributed by atoms with E-state index in [0.717, 1.165) is 5.56 Å². The molecule has 0 spiro atoms. The van der Waals surface area contributed by atoms with Crippen LogP contribution in [-0.2, 0) is 11.3 Å². The summed E-state index contributed by atoms with van der Waals surface area (Å²) in [5.41, 5.74) is 0.534. The summed E-state index contributed by atoms with van der Waals surface area (Å²) in [5, 5.41) is 14.1. The molecule has 2 heterocycles. The van der Waals surface area contributed by atoms with Gasteiger partial charge in [-0.2, -0.15) is 0 Å². The van der Waals surface area contributed by atoms with E-state index in [1.54, 1.807) is 6.92 Å². The SMILES string of the molecule is Cc1cn([C@H]2CC(O)[C@@H](CNCc3ccc(Cl)cc3)O2)c(=O)[nH]c1=O. The van der Waals surface area contributed by atoms with Gasteiger partial charge in [-0.25, -0.2) is 4.79 Å². The largest absolute Gasteiger partial charge is 0.390 e. The summed E-state index contributed by atoms with van der Waals surface area (Å²) in [5.74, 6) is 0. The third kappa shape index (κ3) is 4.19. The van der Waals surface area contributed by atoms with Gasteiger partial charge in [0.25, 0.3) is 5.56 Å². The zero-order chi connectivity index (χ0) is 18.0. The van der Waals surface area contributed by atoms with Crippen LogP contribution in [0.1, 0.15) is 23.8 Å². The van der Waals surface area contributed by atoms with Crippen LogP contribution in [0.2, 0.25) is 5.02 Å². The zero-order valence-electron chi connectivity index (χ0n) is 13.7. The molecule has 1 aromatic carbocycles. The molecule has 0 amide bonds. The fraction of sp³-hybridized carbons (Fsp3) is 0.412. The molecule has 1 aliphatic heterocycles. The molecular formula is C17H20ClN3O4. The number of nitrogens with one attached hydrogen (secondary N) is 2. The number of benzene rings is 1. The van der Waals surface area contributed by atoms with Crippen molar-refractivity contribution in [1.29, 1.82) is 0 Å². The molecule has 1 aromatic heterocycles. The van der Waals surface area contributed by atoms with Crippen LogP contribution < -0.4 is 16.6 Å². The summed E-state index contributed by atoms with van der Waals surface area (Å²) in [4.78, 5) is 25.6.